The smallest absolute Gasteiger partial charge is 0.217 e. The molecule has 2 saturated heterocycles. The number of nitrogens with zero attached hydrogens (tertiary/aromatic N) is 3. The first-order valence-electron chi connectivity index (χ1n) is 9.69. The van der Waals surface area contributed by atoms with Gasteiger partial charge in [-0.1, -0.05) is 18.2 Å². The number of guanidine groups is 1. The summed E-state index contributed by atoms with van der Waals surface area (Å²) in [4.78, 5) is 20.4. The third-order valence-corrected chi connectivity index (χ3v) is 5.48. The number of carbonyl (C=O) groups excluding carboxylic acids is 1. The molecular weight excluding hydrogens is 453 g/mol. The number of likely N-dealkylation sites (tertiary alicyclic amines) is 1. The van der Waals surface area contributed by atoms with Crippen LogP contribution in [0.2, 0.25) is 0 Å². The zero-order valence-electron chi connectivity index (χ0n) is 16.1. The van der Waals surface area contributed by atoms with Crippen LogP contribution >= 0.6 is 24.0 Å². The minimum atomic E-state index is -0.202. The van der Waals surface area contributed by atoms with Crippen molar-refractivity contribution in [2.24, 2.45) is 22.6 Å². The number of primary amides is 1. The Morgan fingerprint density at radius 2 is 1.96 bits per heavy atom. The van der Waals surface area contributed by atoms with E-state index in [2.05, 4.69) is 50.4 Å². The highest BCUT2D eigenvalue weighted by Gasteiger charge is 2.26. The first kappa shape index (κ1) is 21.8. The van der Waals surface area contributed by atoms with E-state index in [1.807, 2.05) is 7.05 Å². The van der Waals surface area contributed by atoms with Gasteiger partial charge in [-0.3, -0.25) is 9.79 Å². The van der Waals surface area contributed by atoms with Gasteiger partial charge in [0, 0.05) is 51.9 Å². The van der Waals surface area contributed by atoms with E-state index in [1.165, 1.54) is 12.1 Å². The molecule has 3 N–H and O–H groups in total. The van der Waals surface area contributed by atoms with Crippen molar-refractivity contribution in [1.29, 1.82) is 0 Å². The number of anilines is 1. The molecule has 2 fully saturated rings. The van der Waals surface area contributed by atoms with Crippen molar-refractivity contribution in [3.8, 4) is 0 Å². The Labute approximate surface area is 179 Å². The van der Waals surface area contributed by atoms with Crippen LogP contribution in [0.1, 0.15) is 25.7 Å². The summed E-state index contributed by atoms with van der Waals surface area (Å²) in [6.07, 6.45) is 3.83. The summed E-state index contributed by atoms with van der Waals surface area (Å²) in [5.41, 5.74) is 6.68. The van der Waals surface area contributed by atoms with Gasteiger partial charge in [0.05, 0.1) is 0 Å². The number of halogens is 1. The molecule has 6 nitrogen and oxygen atoms in total. The van der Waals surface area contributed by atoms with E-state index >= 15 is 0 Å². The number of benzene rings is 1. The second-order valence-electron chi connectivity index (χ2n) is 7.49. The molecule has 150 valence electrons. The number of hydrogen-bond donors (Lipinski definition) is 2. The Hall–Kier alpha value is -1.51. The van der Waals surface area contributed by atoms with Crippen LogP contribution in [0, 0.1) is 11.8 Å². The lowest BCUT2D eigenvalue weighted by atomic mass is 9.95. The first-order chi connectivity index (χ1) is 12.7. The van der Waals surface area contributed by atoms with E-state index < -0.39 is 0 Å². The minimum Gasteiger partial charge on any atom is -0.371 e. The minimum absolute atomic E-state index is 0. The number of aliphatic imine (C=N–C) groups is 1. The molecule has 0 radical (unpaired) electrons. The number of rotatable bonds is 5. The fraction of sp³-hybridized carbons (Fsp3) is 0.600. The van der Waals surface area contributed by atoms with Crippen molar-refractivity contribution in [3.05, 3.63) is 30.3 Å². The molecule has 2 aliphatic heterocycles. The Bertz CT molecular complexity index is 624. The largest absolute Gasteiger partial charge is 0.371 e. The van der Waals surface area contributed by atoms with Crippen LogP contribution < -0.4 is 16.0 Å². The van der Waals surface area contributed by atoms with Gasteiger partial charge in [-0.15, -0.1) is 24.0 Å². The summed E-state index contributed by atoms with van der Waals surface area (Å²) in [6, 6.07) is 10.6. The summed E-state index contributed by atoms with van der Waals surface area (Å²) in [5.74, 6) is 1.72. The predicted molar refractivity (Wildman–Crippen MR) is 122 cm³/mol. The van der Waals surface area contributed by atoms with Crippen LogP contribution in [-0.4, -0.2) is 56.5 Å². The van der Waals surface area contributed by atoms with Gasteiger partial charge in [-0.05, 0) is 43.2 Å². The number of nitrogens with one attached hydrogen (secondary N) is 1. The fourth-order valence-corrected chi connectivity index (χ4v) is 4.15. The number of piperidine rings is 1. The van der Waals surface area contributed by atoms with Gasteiger partial charge in [-0.25, -0.2) is 0 Å². The third-order valence-electron chi connectivity index (χ3n) is 5.48. The van der Waals surface area contributed by atoms with Gasteiger partial charge in [0.25, 0.3) is 0 Å². The Balaban J connectivity index is 0.00000261. The molecule has 3 rings (SSSR count). The van der Waals surface area contributed by atoms with Crippen molar-refractivity contribution in [2.75, 3.05) is 44.7 Å². The average molecular weight is 485 g/mol. The molecule has 0 aliphatic carbocycles. The maximum Gasteiger partial charge on any atom is 0.217 e. The van der Waals surface area contributed by atoms with E-state index in [1.54, 1.807) is 0 Å². The number of amides is 1. The maximum atomic E-state index is 11.2. The average Bonchev–Trinajstić information content (AvgIpc) is 3.12. The Morgan fingerprint density at radius 1 is 1.19 bits per heavy atom. The van der Waals surface area contributed by atoms with E-state index in [0.717, 1.165) is 51.5 Å². The van der Waals surface area contributed by atoms with Crippen LogP contribution in [-0.2, 0) is 4.79 Å². The van der Waals surface area contributed by atoms with Crippen molar-refractivity contribution < 1.29 is 4.79 Å². The zero-order valence-corrected chi connectivity index (χ0v) is 18.5. The monoisotopic (exact) mass is 485 g/mol. The van der Waals surface area contributed by atoms with Crippen molar-refractivity contribution >= 4 is 41.5 Å². The molecule has 0 bridgehead atoms. The van der Waals surface area contributed by atoms with Gasteiger partial charge in [0.2, 0.25) is 5.91 Å². The molecule has 0 aromatic heterocycles. The molecule has 1 aromatic carbocycles. The topological polar surface area (TPSA) is 74.0 Å². The highest BCUT2D eigenvalue weighted by Crippen LogP contribution is 2.23. The molecule has 0 saturated carbocycles. The van der Waals surface area contributed by atoms with E-state index in [-0.39, 0.29) is 29.9 Å². The number of hydrogen-bond acceptors (Lipinski definition) is 3. The zero-order chi connectivity index (χ0) is 18.4. The second kappa shape index (κ2) is 10.7. The normalized spacial score (nSPS) is 23.1. The SMILES string of the molecule is CN=C(NCC1CCN(c2ccccc2)C1)N1CCCC(CC(N)=O)C1.I. The Kier molecular flexibility index (Phi) is 8.66. The molecular formula is C20H32IN5O. The third kappa shape index (κ3) is 6.26. The lowest BCUT2D eigenvalue weighted by Crippen LogP contribution is -2.48. The summed E-state index contributed by atoms with van der Waals surface area (Å²) >= 11 is 0. The first-order valence-corrected chi connectivity index (χ1v) is 9.69. The van der Waals surface area contributed by atoms with Crippen molar-refractivity contribution in [3.63, 3.8) is 0 Å². The molecule has 0 spiro atoms. The van der Waals surface area contributed by atoms with Crippen LogP contribution in [0.15, 0.2) is 35.3 Å². The van der Waals surface area contributed by atoms with Crippen LogP contribution in [0.5, 0.6) is 0 Å². The number of para-hydroxylation sites is 1. The molecule has 27 heavy (non-hydrogen) atoms. The van der Waals surface area contributed by atoms with E-state index in [9.17, 15) is 4.79 Å². The fourth-order valence-electron chi connectivity index (χ4n) is 4.15. The van der Waals surface area contributed by atoms with Gasteiger partial charge in [0.15, 0.2) is 5.96 Å². The number of nitrogens with two attached hydrogens (primary N) is 1. The molecule has 2 unspecified atom stereocenters. The van der Waals surface area contributed by atoms with E-state index in [0.29, 0.717) is 18.3 Å². The lowest BCUT2D eigenvalue weighted by molar-refractivity contribution is -0.119. The van der Waals surface area contributed by atoms with Gasteiger partial charge in [-0.2, -0.15) is 0 Å². The number of carbonyl (C=O) groups is 1. The Morgan fingerprint density at radius 3 is 2.67 bits per heavy atom. The highest BCUT2D eigenvalue weighted by molar-refractivity contribution is 14.0. The van der Waals surface area contributed by atoms with Crippen molar-refractivity contribution in [1.82, 2.24) is 10.2 Å². The predicted octanol–water partition coefficient (Wildman–Crippen LogP) is 2.29. The molecule has 1 amide bonds. The quantitative estimate of drug-likeness (QED) is 0.382. The highest BCUT2D eigenvalue weighted by atomic mass is 127. The molecule has 7 heteroatoms. The molecule has 1 aromatic rings. The van der Waals surface area contributed by atoms with Gasteiger partial charge >= 0.3 is 0 Å². The second-order valence-corrected chi connectivity index (χ2v) is 7.49. The van der Waals surface area contributed by atoms with E-state index in [4.69, 9.17) is 5.73 Å². The summed E-state index contributed by atoms with van der Waals surface area (Å²) in [6.45, 7) is 4.99. The van der Waals surface area contributed by atoms with Crippen molar-refractivity contribution in [2.45, 2.75) is 25.7 Å². The standard InChI is InChI=1S/C20H31N5O.HI/c1-22-20(25-10-5-6-16(14-25)12-19(21)26)23-13-17-9-11-24(15-17)18-7-3-2-4-8-18;/h2-4,7-8,16-17H,5-6,9-15H2,1H3,(H2,21,26)(H,22,23);1H. The summed E-state index contributed by atoms with van der Waals surface area (Å²) in [5, 5.41) is 3.56. The molecule has 2 heterocycles. The van der Waals surface area contributed by atoms with Gasteiger partial charge < -0.3 is 20.9 Å². The lowest BCUT2D eigenvalue weighted by Gasteiger charge is -2.35. The molecule has 2 atom stereocenters. The molecule has 2 aliphatic rings. The maximum absolute atomic E-state index is 11.2. The van der Waals surface area contributed by atoms with Crippen LogP contribution in [0.3, 0.4) is 0 Å². The van der Waals surface area contributed by atoms with Crippen LogP contribution in [0.25, 0.3) is 0 Å². The van der Waals surface area contributed by atoms with Crippen LogP contribution in [0.4, 0.5) is 5.69 Å². The van der Waals surface area contributed by atoms with Gasteiger partial charge in [0.1, 0.15) is 0 Å². The summed E-state index contributed by atoms with van der Waals surface area (Å²) < 4.78 is 0. The summed E-state index contributed by atoms with van der Waals surface area (Å²) in [7, 11) is 1.84.